The first-order chi connectivity index (χ1) is 6.53. The lowest BCUT2D eigenvalue weighted by atomic mass is 9.80. The molecule has 14 heavy (non-hydrogen) atoms. The molecule has 1 rings (SSSR count). The third-order valence-electron chi connectivity index (χ3n) is 2.76. The molecule has 0 saturated carbocycles. The number of hydrogen-bond acceptors (Lipinski definition) is 0. The normalized spacial score (nSPS) is 14.9. The summed E-state index contributed by atoms with van der Waals surface area (Å²) in [4.78, 5) is 0. The minimum Gasteiger partial charge on any atom is -0.204 e. The first-order valence-corrected chi connectivity index (χ1v) is 4.62. The SMILES string of the molecule is C=C[C@](C)(CC)c1ccc(F)c(F)c1. The molecule has 0 saturated heterocycles. The van der Waals surface area contributed by atoms with E-state index in [1.807, 2.05) is 13.8 Å². The van der Waals surface area contributed by atoms with E-state index in [0.29, 0.717) is 0 Å². The van der Waals surface area contributed by atoms with Gasteiger partial charge in [-0.2, -0.15) is 0 Å². The second-order valence-electron chi connectivity index (χ2n) is 3.60. The molecule has 1 atom stereocenters. The van der Waals surface area contributed by atoms with Gasteiger partial charge in [0.25, 0.3) is 0 Å². The van der Waals surface area contributed by atoms with Crippen molar-refractivity contribution in [1.29, 1.82) is 0 Å². The number of allylic oxidation sites excluding steroid dienone is 1. The molecule has 0 fully saturated rings. The summed E-state index contributed by atoms with van der Waals surface area (Å²) in [5.74, 6) is -1.61. The van der Waals surface area contributed by atoms with Gasteiger partial charge in [-0.25, -0.2) is 8.78 Å². The lowest BCUT2D eigenvalue weighted by Crippen LogP contribution is -2.17. The van der Waals surface area contributed by atoms with E-state index in [1.54, 1.807) is 12.1 Å². The Morgan fingerprint density at radius 1 is 1.36 bits per heavy atom. The van der Waals surface area contributed by atoms with Crippen LogP contribution in [0.1, 0.15) is 25.8 Å². The van der Waals surface area contributed by atoms with Gasteiger partial charge in [0.1, 0.15) is 0 Å². The molecule has 0 aromatic heterocycles. The Bertz CT molecular complexity index is 344. The average molecular weight is 196 g/mol. The Hall–Kier alpha value is -1.18. The molecule has 0 aliphatic rings. The smallest absolute Gasteiger partial charge is 0.159 e. The summed E-state index contributed by atoms with van der Waals surface area (Å²) in [7, 11) is 0. The third kappa shape index (κ3) is 1.84. The molecule has 0 N–H and O–H groups in total. The maximum Gasteiger partial charge on any atom is 0.159 e. The highest BCUT2D eigenvalue weighted by Gasteiger charge is 2.21. The van der Waals surface area contributed by atoms with Crippen molar-refractivity contribution in [2.75, 3.05) is 0 Å². The van der Waals surface area contributed by atoms with Crippen molar-refractivity contribution >= 4 is 0 Å². The van der Waals surface area contributed by atoms with Gasteiger partial charge in [-0.05, 0) is 24.1 Å². The van der Waals surface area contributed by atoms with Crippen LogP contribution in [0, 0.1) is 11.6 Å². The van der Waals surface area contributed by atoms with E-state index in [4.69, 9.17) is 0 Å². The van der Waals surface area contributed by atoms with Crippen LogP contribution in [0.5, 0.6) is 0 Å². The zero-order chi connectivity index (χ0) is 10.8. The highest BCUT2D eigenvalue weighted by molar-refractivity contribution is 5.30. The summed E-state index contributed by atoms with van der Waals surface area (Å²) in [6, 6.07) is 3.99. The second kappa shape index (κ2) is 3.91. The molecule has 0 amide bonds. The number of hydrogen-bond donors (Lipinski definition) is 0. The van der Waals surface area contributed by atoms with Gasteiger partial charge < -0.3 is 0 Å². The minimum atomic E-state index is -0.809. The third-order valence-corrected chi connectivity index (χ3v) is 2.76. The molecule has 1 aromatic carbocycles. The van der Waals surface area contributed by atoms with E-state index < -0.39 is 11.6 Å². The first kappa shape index (κ1) is 10.9. The van der Waals surface area contributed by atoms with Crippen molar-refractivity contribution in [3.63, 3.8) is 0 Å². The molecule has 0 aliphatic carbocycles. The van der Waals surface area contributed by atoms with Gasteiger partial charge in [-0.3, -0.25) is 0 Å². The van der Waals surface area contributed by atoms with Crippen LogP contribution in [0.3, 0.4) is 0 Å². The van der Waals surface area contributed by atoms with Gasteiger partial charge >= 0.3 is 0 Å². The molecule has 0 spiro atoms. The van der Waals surface area contributed by atoms with E-state index in [2.05, 4.69) is 6.58 Å². The van der Waals surface area contributed by atoms with E-state index in [-0.39, 0.29) is 5.41 Å². The van der Waals surface area contributed by atoms with Gasteiger partial charge in [-0.1, -0.05) is 26.0 Å². The Morgan fingerprint density at radius 3 is 2.43 bits per heavy atom. The van der Waals surface area contributed by atoms with Gasteiger partial charge in [0.15, 0.2) is 11.6 Å². The number of rotatable bonds is 3. The van der Waals surface area contributed by atoms with Gasteiger partial charge in [0.05, 0.1) is 0 Å². The van der Waals surface area contributed by atoms with Crippen LogP contribution < -0.4 is 0 Å². The van der Waals surface area contributed by atoms with Gasteiger partial charge in [0.2, 0.25) is 0 Å². The van der Waals surface area contributed by atoms with Crippen LogP contribution in [0.4, 0.5) is 8.78 Å². The van der Waals surface area contributed by atoms with E-state index in [0.717, 1.165) is 18.1 Å². The summed E-state index contributed by atoms with van der Waals surface area (Å²) < 4.78 is 25.7. The van der Waals surface area contributed by atoms with Crippen molar-refractivity contribution in [3.05, 3.63) is 48.1 Å². The van der Waals surface area contributed by atoms with Crippen molar-refractivity contribution < 1.29 is 8.78 Å². The monoisotopic (exact) mass is 196 g/mol. The second-order valence-corrected chi connectivity index (χ2v) is 3.60. The van der Waals surface area contributed by atoms with E-state index in [9.17, 15) is 8.78 Å². The van der Waals surface area contributed by atoms with Crippen LogP contribution in [0.15, 0.2) is 30.9 Å². The first-order valence-electron chi connectivity index (χ1n) is 4.62. The van der Waals surface area contributed by atoms with Crippen LogP contribution in [-0.4, -0.2) is 0 Å². The van der Waals surface area contributed by atoms with Crippen LogP contribution in [0.25, 0.3) is 0 Å². The Labute approximate surface area is 83.3 Å². The van der Waals surface area contributed by atoms with Crippen molar-refractivity contribution in [2.45, 2.75) is 25.7 Å². The molecule has 0 nitrogen and oxygen atoms in total. The topological polar surface area (TPSA) is 0 Å². The quantitative estimate of drug-likeness (QED) is 0.645. The highest BCUT2D eigenvalue weighted by atomic mass is 19.2. The molecule has 1 aromatic rings. The fourth-order valence-corrected chi connectivity index (χ4v) is 1.32. The number of halogens is 2. The zero-order valence-electron chi connectivity index (χ0n) is 8.48. The Balaban J connectivity index is 3.19. The zero-order valence-corrected chi connectivity index (χ0v) is 8.48. The van der Waals surface area contributed by atoms with E-state index >= 15 is 0 Å². The molecule has 2 heteroatoms. The van der Waals surface area contributed by atoms with Gasteiger partial charge in [-0.15, -0.1) is 6.58 Å². The molecule has 0 unspecified atom stereocenters. The summed E-state index contributed by atoms with van der Waals surface area (Å²) in [5, 5.41) is 0. The molecule has 0 heterocycles. The molecular weight excluding hydrogens is 182 g/mol. The summed E-state index contributed by atoms with van der Waals surface area (Å²) in [6.07, 6.45) is 2.57. The Morgan fingerprint density at radius 2 is 2.00 bits per heavy atom. The van der Waals surface area contributed by atoms with Gasteiger partial charge in [0, 0.05) is 5.41 Å². The van der Waals surface area contributed by atoms with Crippen molar-refractivity contribution in [1.82, 2.24) is 0 Å². The van der Waals surface area contributed by atoms with Crippen molar-refractivity contribution in [3.8, 4) is 0 Å². The maximum absolute atomic E-state index is 13.0. The highest BCUT2D eigenvalue weighted by Crippen LogP contribution is 2.29. The van der Waals surface area contributed by atoms with Crippen LogP contribution >= 0.6 is 0 Å². The minimum absolute atomic E-state index is 0.283. The standard InChI is InChI=1S/C12H14F2/c1-4-12(3,5-2)9-6-7-10(13)11(14)8-9/h4,6-8H,1,5H2,2-3H3/t12-/m1/s1. The maximum atomic E-state index is 13.0. The predicted molar refractivity (Wildman–Crippen MR) is 54.2 cm³/mol. The summed E-state index contributed by atoms with van der Waals surface area (Å²) in [6.45, 7) is 7.66. The molecular formula is C12H14F2. The van der Waals surface area contributed by atoms with E-state index in [1.165, 1.54) is 6.07 Å². The Kier molecular flexibility index (Phi) is 3.04. The molecule has 0 radical (unpaired) electrons. The largest absolute Gasteiger partial charge is 0.204 e. The fraction of sp³-hybridized carbons (Fsp3) is 0.333. The predicted octanol–water partition coefficient (Wildman–Crippen LogP) is 3.82. The summed E-state index contributed by atoms with van der Waals surface area (Å²) >= 11 is 0. The summed E-state index contributed by atoms with van der Waals surface area (Å²) in [5.41, 5.74) is 0.475. The average Bonchev–Trinajstić information content (AvgIpc) is 2.21. The van der Waals surface area contributed by atoms with Crippen LogP contribution in [-0.2, 0) is 5.41 Å². The lowest BCUT2D eigenvalue weighted by Gasteiger charge is -2.24. The molecule has 76 valence electrons. The molecule has 0 aliphatic heterocycles. The van der Waals surface area contributed by atoms with Crippen LogP contribution in [0.2, 0.25) is 0 Å². The fourth-order valence-electron chi connectivity index (χ4n) is 1.32. The van der Waals surface area contributed by atoms with Crippen molar-refractivity contribution in [2.24, 2.45) is 0 Å². The lowest BCUT2D eigenvalue weighted by molar-refractivity contribution is 0.498. The molecule has 0 bridgehead atoms. The number of benzene rings is 1.